The van der Waals surface area contributed by atoms with Gasteiger partial charge in [-0.2, -0.15) is 0 Å². The molecule has 3 N–H and O–H groups in total. The molecule has 236 valence electrons. The van der Waals surface area contributed by atoms with Gasteiger partial charge in [0.15, 0.2) is 0 Å². The van der Waals surface area contributed by atoms with Crippen LogP contribution in [-0.2, 0) is 28.0 Å². The highest BCUT2D eigenvalue weighted by molar-refractivity contribution is 5.93. The van der Waals surface area contributed by atoms with Crippen molar-refractivity contribution < 1.29 is 23.8 Å². The quantitative estimate of drug-likeness (QED) is 0.371. The summed E-state index contributed by atoms with van der Waals surface area (Å²) in [6.07, 6.45) is 10.3. The highest BCUT2D eigenvalue weighted by Crippen LogP contribution is 2.50. The van der Waals surface area contributed by atoms with Gasteiger partial charge in [0.2, 0.25) is 11.8 Å². The zero-order valence-corrected chi connectivity index (χ0v) is 26.0. The number of nitrogens with zero attached hydrogens (tertiary/aromatic N) is 1. The van der Waals surface area contributed by atoms with Gasteiger partial charge in [0.25, 0.3) is 0 Å². The van der Waals surface area contributed by atoms with Crippen LogP contribution in [0.25, 0.3) is 0 Å². The number of ether oxygens (including phenoxy) is 1. The van der Waals surface area contributed by atoms with Gasteiger partial charge in [0.1, 0.15) is 11.6 Å². The molecule has 0 saturated heterocycles. The fourth-order valence-corrected chi connectivity index (χ4v) is 6.73. The Bertz CT molecular complexity index is 1370. The minimum absolute atomic E-state index is 0.0312. The molecule has 0 spiro atoms. The molecule has 8 heteroatoms. The van der Waals surface area contributed by atoms with Crippen LogP contribution >= 0.6 is 0 Å². The summed E-state index contributed by atoms with van der Waals surface area (Å²) >= 11 is 0. The van der Waals surface area contributed by atoms with Crippen LogP contribution in [0.1, 0.15) is 69.1 Å². The Morgan fingerprint density at radius 2 is 2.00 bits per heavy atom. The summed E-state index contributed by atoms with van der Waals surface area (Å²) < 4.78 is 20.6. The number of amides is 2. The molecule has 2 bridgehead atoms. The first-order chi connectivity index (χ1) is 21.3. The van der Waals surface area contributed by atoms with Crippen molar-refractivity contribution in [2.75, 3.05) is 26.2 Å². The zero-order chi connectivity index (χ0) is 31.3. The molecule has 2 amide bonds. The Kier molecular flexibility index (Phi) is 10.3. The maximum absolute atomic E-state index is 14.7. The first-order valence-corrected chi connectivity index (χ1v) is 16.3. The van der Waals surface area contributed by atoms with Crippen LogP contribution in [0, 0.1) is 35.9 Å². The largest absolute Gasteiger partial charge is 0.493 e. The monoisotopic (exact) mass is 603 g/mol. The van der Waals surface area contributed by atoms with E-state index in [1.807, 2.05) is 11.8 Å². The summed E-state index contributed by atoms with van der Waals surface area (Å²) in [5, 5.41) is 18.2. The summed E-state index contributed by atoms with van der Waals surface area (Å²) in [6.45, 7) is 5.97. The lowest BCUT2D eigenvalue weighted by molar-refractivity contribution is -0.135. The molecule has 2 aromatic rings. The molecule has 2 fully saturated rings. The zero-order valence-electron chi connectivity index (χ0n) is 26.0. The van der Waals surface area contributed by atoms with Crippen LogP contribution in [-0.4, -0.2) is 60.2 Å². The number of halogens is 1. The number of aliphatic hydroxyl groups excluding tert-OH is 1. The maximum atomic E-state index is 14.7. The molecule has 2 saturated carbocycles. The highest BCUT2D eigenvalue weighted by atomic mass is 19.1. The third-order valence-corrected chi connectivity index (χ3v) is 9.47. The normalized spacial score (nSPS) is 25.7. The molecule has 5 rings (SSSR count). The number of terminal acetylenes is 1. The molecule has 0 radical (unpaired) electrons. The van der Waals surface area contributed by atoms with E-state index in [0.29, 0.717) is 43.9 Å². The van der Waals surface area contributed by atoms with Crippen LogP contribution in [0.15, 0.2) is 42.5 Å². The summed E-state index contributed by atoms with van der Waals surface area (Å²) in [6, 6.07) is 12.3. The first-order valence-electron chi connectivity index (χ1n) is 16.3. The van der Waals surface area contributed by atoms with Crippen molar-refractivity contribution in [3.63, 3.8) is 0 Å². The number of nitrogens with one attached hydrogen (secondary N) is 2. The van der Waals surface area contributed by atoms with Gasteiger partial charge in [-0.15, -0.1) is 12.3 Å². The molecule has 7 nitrogen and oxygen atoms in total. The van der Waals surface area contributed by atoms with Crippen molar-refractivity contribution in [1.29, 1.82) is 0 Å². The lowest BCUT2D eigenvalue weighted by atomic mass is 9.98. The summed E-state index contributed by atoms with van der Waals surface area (Å²) in [5.41, 5.74) is 2.87. The van der Waals surface area contributed by atoms with Gasteiger partial charge in [-0.3, -0.25) is 9.59 Å². The summed E-state index contributed by atoms with van der Waals surface area (Å²) in [5.74, 6) is 1.05. The Labute approximate surface area is 260 Å². The van der Waals surface area contributed by atoms with Crippen molar-refractivity contribution in [3.8, 4) is 18.1 Å². The fourth-order valence-electron chi connectivity index (χ4n) is 6.73. The fraction of sp³-hybridized carbons (Fsp3) is 0.556. The van der Waals surface area contributed by atoms with Gasteiger partial charge in [-0.1, -0.05) is 38.1 Å². The number of hydrogen-bond donors (Lipinski definition) is 3. The minimum atomic E-state index is -0.965. The Morgan fingerprint density at radius 3 is 2.73 bits per heavy atom. The average molecular weight is 604 g/mol. The molecule has 0 aromatic heterocycles. The Morgan fingerprint density at radius 1 is 1.18 bits per heavy atom. The van der Waals surface area contributed by atoms with E-state index in [1.54, 1.807) is 6.07 Å². The number of carbonyl (C=O) groups excluding carboxylic acids is 2. The van der Waals surface area contributed by atoms with Crippen LogP contribution < -0.4 is 15.4 Å². The molecule has 1 aliphatic heterocycles. The predicted octanol–water partition coefficient (Wildman–Crippen LogP) is 4.35. The summed E-state index contributed by atoms with van der Waals surface area (Å²) in [4.78, 5) is 29.2. The van der Waals surface area contributed by atoms with Gasteiger partial charge >= 0.3 is 0 Å². The molecular weight excluding hydrogens is 557 g/mol. The molecule has 2 aromatic carbocycles. The van der Waals surface area contributed by atoms with Gasteiger partial charge in [0, 0.05) is 37.7 Å². The third kappa shape index (κ3) is 7.44. The summed E-state index contributed by atoms with van der Waals surface area (Å²) in [7, 11) is 0. The highest BCUT2D eigenvalue weighted by Gasteiger charge is 2.59. The smallest absolute Gasteiger partial charge is 0.226 e. The lowest BCUT2D eigenvalue weighted by Gasteiger charge is -2.28. The van der Waals surface area contributed by atoms with Gasteiger partial charge < -0.3 is 25.4 Å². The Hall–Kier alpha value is -3.41. The number of rotatable bonds is 9. The number of hydrogen-bond acceptors (Lipinski definition) is 5. The SMILES string of the molecule is C#CCC1C2C(=O)N[C@H]([C@H](O)CNC3(c4cccc(CC)c4)CC3)Cc3cc(F)cc(c3)OCCCCN(CCC)C(=O)C12. The molecule has 5 atom stereocenters. The number of aryl methyl sites for hydroxylation is 1. The second kappa shape index (κ2) is 14.1. The Balaban J connectivity index is 1.38. The molecule has 3 unspecified atom stereocenters. The van der Waals surface area contributed by atoms with E-state index < -0.39 is 29.8 Å². The van der Waals surface area contributed by atoms with Crippen LogP contribution in [0.3, 0.4) is 0 Å². The van der Waals surface area contributed by atoms with Crippen LogP contribution in [0.4, 0.5) is 4.39 Å². The molecule has 2 aliphatic carbocycles. The number of aliphatic hydroxyl groups is 1. The van der Waals surface area contributed by atoms with E-state index >= 15 is 0 Å². The van der Waals surface area contributed by atoms with Crippen molar-refractivity contribution in [2.45, 2.75) is 82.9 Å². The average Bonchev–Trinajstić information content (AvgIpc) is 3.94. The minimum Gasteiger partial charge on any atom is -0.493 e. The van der Waals surface area contributed by atoms with E-state index in [4.69, 9.17) is 11.2 Å². The van der Waals surface area contributed by atoms with E-state index in [1.165, 1.54) is 23.3 Å². The lowest BCUT2D eigenvalue weighted by Crippen LogP contribution is -2.51. The van der Waals surface area contributed by atoms with Gasteiger partial charge in [-0.05, 0) is 79.7 Å². The van der Waals surface area contributed by atoms with Crippen molar-refractivity contribution >= 4 is 11.8 Å². The molecular formula is C36H46FN3O4. The standard InChI is InChI=1S/C36H46FN3O4/c1-4-10-29-32-33(29)35(43)40(15-5-2)16-7-8-17-44-28-20-25(19-27(37)22-28)21-30(39-34(32)42)31(41)23-38-36(13-14-36)26-12-9-11-24(6-3)18-26/h1,9,11-12,18-20,22,29-33,38,41H,5-8,10,13-17,21,23H2,2-3H3,(H,39,42)/t29?,30-,31+,32?,33?/m0/s1. The van der Waals surface area contributed by atoms with Gasteiger partial charge in [0.05, 0.1) is 30.6 Å². The molecule has 3 aliphatic rings. The second-order valence-corrected chi connectivity index (χ2v) is 12.7. The molecule has 44 heavy (non-hydrogen) atoms. The topological polar surface area (TPSA) is 90.9 Å². The molecule has 1 heterocycles. The van der Waals surface area contributed by atoms with Crippen molar-refractivity contribution in [2.24, 2.45) is 17.8 Å². The number of fused-ring (bicyclic) bond motifs is 3. The van der Waals surface area contributed by atoms with Crippen LogP contribution in [0.2, 0.25) is 0 Å². The van der Waals surface area contributed by atoms with E-state index in [2.05, 4.69) is 47.7 Å². The van der Waals surface area contributed by atoms with E-state index in [9.17, 15) is 19.1 Å². The van der Waals surface area contributed by atoms with Crippen molar-refractivity contribution in [1.82, 2.24) is 15.5 Å². The van der Waals surface area contributed by atoms with E-state index in [0.717, 1.165) is 32.1 Å². The van der Waals surface area contributed by atoms with Gasteiger partial charge in [-0.25, -0.2) is 4.39 Å². The predicted molar refractivity (Wildman–Crippen MR) is 168 cm³/mol. The van der Waals surface area contributed by atoms with E-state index in [-0.39, 0.29) is 36.2 Å². The van der Waals surface area contributed by atoms with Crippen molar-refractivity contribution in [3.05, 3.63) is 65.0 Å². The number of benzene rings is 2. The maximum Gasteiger partial charge on any atom is 0.226 e. The third-order valence-electron chi connectivity index (χ3n) is 9.47. The van der Waals surface area contributed by atoms with Crippen LogP contribution in [0.5, 0.6) is 5.75 Å². The number of carbonyl (C=O) groups is 2. The first kappa shape index (κ1) is 32.0. The second-order valence-electron chi connectivity index (χ2n) is 12.7.